The van der Waals surface area contributed by atoms with Crippen LogP contribution in [-0.2, 0) is 10.4 Å². The first kappa shape index (κ1) is 23.2. The Bertz CT molecular complexity index is 636. The van der Waals surface area contributed by atoms with Crippen molar-refractivity contribution in [1.82, 2.24) is 9.80 Å². The van der Waals surface area contributed by atoms with Crippen molar-refractivity contribution in [3.63, 3.8) is 0 Å². The lowest BCUT2D eigenvalue weighted by molar-refractivity contribution is -0.146. The zero-order valence-electron chi connectivity index (χ0n) is 16.5. The first-order valence-corrected chi connectivity index (χ1v) is 9.35. The second-order valence-electron chi connectivity index (χ2n) is 6.55. The molecule has 2 aromatic carbocycles. The number of aliphatic hydroxyl groups is 1. The number of amides is 1. The molecule has 0 saturated carbocycles. The van der Waals surface area contributed by atoms with Crippen LogP contribution in [0.25, 0.3) is 0 Å². The molecule has 27 heavy (non-hydrogen) atoms. The van der Waals surface area contributed by atoms with E-state index < -0.39 is 5.60 Å². The van der Waals surface area contributed by atoms with Crippen molar-refractivity contribution in [2.45, 2.75) is 25.9 Å². The maximum Gasteiger partial charge on any atom is 0.263 e. The first-order valence-electron chi connectivity index (χ1n) is 9.35. The van der Waals surface area contributed by atoms with E-state index in [2.05, 4.69) is 18.7 Å². The summed E-state index contributed by atoms with van der Waals surface area (Å²) in [5.74, 6) is -0.297. The van der Waals surface area contributed by atoms with Gasteiger partial charge in [0.05, 0.1) is 0 Å². The van der Waals surface area contributed by atoms with Crippen LogP contribution < -0.4 is 0 Å². The Labute approximate surface area is 169 Å². The molecule has 0 bridgehead atoms. The van der Waals surface area contributed by atoms with Crippen molar-refractivity contribution in [3.8, 4) is 0 Å². The van der Waals surface area contributed by atoms with Gasteiger partial charge in [-0.05, 0) is 37.2 Å². The minimum Gasteiger partial charge on any atom is -0.372 e. The van der Waals surface area contributed by atoms with Crippen LogP contribution >= 0.6 is 12.4 Å². The van der Waals surface area contributed by atoms with E-state index in [1.807, 2.05) is 36.4 Å². The van der Waals surface area contributed by atoms with E-state index >= 15 is 0 Å². The van der Waals surface area contributed by atoms with Gasteiger partial charge in [0.1, 0.15) is 0 Å². The Hall–Kier alpha value is -1.88. The summed E-state index contributed by atoms with van der Waals surface area (Å²) in [5, 5.41) is 11.5. The van der Waals surface area contributed by atoms with Gasteiger partial charge < -0.3 is 14.9 Å². The third-order valence-corrected chi connectivity index (χ3v) is 4.90. The van der Waals surface area contributed by atoms with E-state index in [1.165, 1.54) is 0 Å². The largest absolute Gasteiger partial charge is 0.372 e. The molecule has 0 heterocycles. The van der Waals surface area contributed by atoms with E-state index in [1.54, 1.807) is 36.2 Å². The molecular weight excluding hydrogens is 360 g/mol. The number of nitrogens with zero attached hydrogens (tertiary/aromatic N) is 2. The summed E-state index contributed by atoms with van der Waals surface area (Å²) >= 11 is 0. The van der Waals surface area contributed by atoms with E-state index in [4.69, 9.17) is 0 Å². The van der Waals surface area contributed by atoms with Gasteiger partial charge in [-0.15, -0.1) is 12.4 Å². The van der Waals surface area contributed by atoms with Crippen LogP contribution in [0.15, 0.2) is 60.7 Å². The topological polar surface area (TPSA) is 43.8 Å². The fourth-order valence-corrected chi connectivity index (χ4v) is 3.22. The lowest BCUT2D eigenvalue weighted by Crippen LogP contribution is -2.46. The normalized spacial score (nSPS) is 11.1. The number of benzene rings is 2. The van der Waals surface area contributed by atoms with Crippen molar-refractivity contribution in [2.75, 3.05) is 33.2 Å². The molecule has 0 spiro atoms. The van der Waals surface area contributed by atoms with Crippen LogP contribution in [-0.4, -0.2) is 54.0 Å². The maximum atomic E-state index is 13.2. The molecule has 0 aliphatic rings. The molecular formula is C22H31ClN2O2. The lowest BCUT2D eigenvalue weighted by Gasteiger charge is -2.32. The SMILES string of the molecule is CCN(CC)CCCN(C)C(=O)C(O)(c1ccccc1)c1ccccc1.Cl. The van der Waals surface area contributed by atoms with Gasteiger partial charge in [-0.2, -0.15) is 0 Å². The summed E-state index contributed by atoms with van der Waals surface area (Å²) in [6.45, 7) is 7.85. The van der Waals surface area contributed by atoms with Gasteiger partial charge in [-0.25, -0.2) is 0 Å². The zero-order valence-corrected chi connectivity index (χ0v) is 17.3. The highest BCUT2D eigenvalue weighted by Crippen LogP contribution is 2.31. The van der Waals surface area contributed by atoms with Crippen LogP contribution in [0.2, 0.25) is 0 Å². The van der Waals surface area contributed by atoms with Crippen LogP contribution in [0.1, 0.15) is 31.4 Å². The molecule has 0 saturated heterocycles. The number of hydrogen-bond acceptors (Lipinski definition) is 3. The average molecular weight is 391 g/mol. The highest BCUT2D eigenvalue weighted by Gasteiger charge is 2.41. The van der Waals surface area contributed by atoms with Crippen LogP contribution in [0.3, 0.4) is 0 Å². The van der Waals surface area contributed by atoms with E-state index in [0.29, 0.717) is 17.7 Å². The quantitative estimate of drug-likeness (QED) is 0.712. The van der Waals surface area contributed by atoms with Crippen molar-refractivity contribution in [1.29, 1.82) is 0 Å². The van der Waals surface area contributed by atoms with E-state index in [9.17, 15) is 9.90 Å². The molecule has 148 valence electrons. The van der Waals surface area contributed by atoms with Crippen molar-refractivity contribution < 1.29 is 9.90 Å². The molecule has 0 atom stereocenters. The molecule has 1 amide bonds. The molecule has 2 aromatic rings. The highest BCUT2D eigenvalue weighted by molar-refractivity contribution is 5.90. The third-order valence-electron chi connectivity index (χ3n) is 4.90. The molecule has 1 N–H and O–H groups in total. The van der Waals surface area contributed by atoms with Gasteiger partial charge >= 0.3 is 0 Å². The predicted octanol–water partition coefficient (Wildman–Crippen LogP) is 3.53. The minimum atomic E-state index is -1.67. The van der Waals surface area contributed by atoms with Crippen LogP contribution in [0.4, 0.5) is 0 Å². The van der Waals surface area contributed by atoms with Crippen molar-refractivity contribution in [2.24, 2.45) is 0 Å². The Morgan fingerprint density at radius 3 is 1.74 bits per heavy atom. The number of likely N-dealkylation sites (N-methyl/N-ethyl adjacent to an activating group) is 1. The number of hydrogen-bond donors (Lipinski definition) is 1. The first-order chi connectivity index (χ1) is 12.5. The van der Waals surface area contributed by atoms with Gasteiger partial charge in [0.15, 0.2) is 5.60 Å². The van der Waals surface area contributed by atoms with Crippen LogP contribution in [0.5, 0.6) is 0 Å². The summed E-state index contributed by atoms with van der Waals surface area (Å²) < 4.78 is 0. The summed E-state index contributed by atoms with van der Waals surface area (Å²) in [5.41, 5.74) is -0.495. The average Bonchev–Trinajstić information content (AvgIpc) is 2.71. The Kier molecular flexibility index (Phi) is 9.50. The number of carbonyl (C=O) groups is 1. The van der Waals surface area contributed by atoms with E-state index in [0.717, 1.165) is 26.1 Å². The second kappa shape index (κ2) is 11.1. The lowest BCUT2D eigenvalue weighted by atomic mass is 9.85. The Morgan fingerprint density at radius 2 is 1.33 bits per heavy atom. The molecule has 4 nitrogen and oxygen atoms in total. The maximum absolute atomic E-state index is 13.2. The van der Waals surface area contributed by atoms with Gasteiger partial charge in [-0.3, -0.25) is 4.79 Å². The molecule has 0 aliphatic carbocycles. The summed E-state index contributed by atoms with van der Waals surface area (Å²) in [4.78, 5) is 17.2. The monoisotopic (exact) mass is 390 g/mol. The van der Waals surface area contributed by atoms with Crippen LogP contribution in [0, 0.1) is 0 Å². The van der Waals surface area contributed by atoms with Gasteiger partial charge in [-0.1, -0.05) is 74.5 Å². The molecule has 2 rings (SSSR count). The zero-order chi connectivity index (χ0) is 19.0. The fraction of sp³-hybridized carbons (Fsp3) is 0.409. The molecule has 0 unspecified atom stereocenters. The summed E-state index contributed by atoms with van der Waals surface area (Å²) in [6.07, 6.45) is 0.879. The summed E-state index contributed by atoms with van der Waals surface area (Å²) in [6, 6.07) is 18.3. The van der Waals surface area contributed by atoms with Crippen molar-refractivity contribution in [3.05, 3.63) is 71.8 Å². The summed E-state index contributed by atoms with van der Waals surface area (Å²) in [7, 11) is 1.77. The Morgan fingerprint density at radius 1 is 0.889 bits per heavy atom. The molecule has 0 fully saturated rings. The molecule has 5 heteroatoms. The molecule has 0 aromatic heterocycles. The minimum absolute atomic E-state index is 0. The fourth-order valence-electron chi connectivity index (χ4n) is 3.22. The number of rotatable bonds is 9. The predicted molar refractivity (Wildman–Crippen MR) is 113 cm³/mol. The second-order valence-corrected chi connectivity index (χ2v) is 6.55. The number of carbonyl (C=O) groups excluding carboxylic acids is 1. The third kappa shape index (κ3) is 5.55. The van der Waals surface area contributed by atoms with Gasteiger partial charge in [0.2, 0.25) is 0 Å². The van der Waals surface area contributed by atoms with Crippen molar-refractivity contribution >= 4 is 18.3 Å². The number of halogens is 1. The molecule has 0 aliphatic heterocycles. The smallest absolute Gasteiger partial charge is 0.263 e. The van der Waals surface area contributed by atoms with Gasteiger partial charge in [0, 0.05) is 13.6 Å². The standard InChI is InChI=1S/C22H30N2O2.ClH/c1-4-24(5-2)18-12-17-23(3)21(25)22(26,19-13-8-6-9-14-19)20-15-10-7-11-16-20;/h6-11,13-16,26H,4-5,12,17-18H2,1-3H3;1H. The highest BCUT2D eigenvalue weighted by atomic mass is 35.5. The Balaban J connectivity index is 0.00000364. The molecule has 0 radical (unpaired) electrons. The van der Waals surface area contributed by atoms with E-state index in [-0.39, 0.29) is 18.3 Å². The van der Waals surface area contributed by atoms with Gasteiger partial charge in [0.25, 0.3) is 5.91 Å².